The van der Waals surface area contributed by atoms with Gasteiger partial charge in [0.15, 0.2) is 0 Å². The number of rotatable bonds is 4. The lowest BCUT2D eigenvalue weighted by molar-refractivity contribution is -0.146. The van der Waals surface area contributed by atoms with E-state index in [2.05, 4.69) is 17.6 Å². The Labute approximate surface area is 161 Å². The predicted octanol–water partition coefficient (Wildman–Crippen LogP) is 3.50. The van der Waals surface area contributed by atoms with E-state index in [-0.39, 0.29) is 18.1 Å². The number of ether oxygens (including phenoxy) is 1. The highest BCUT2D eigenvalue weighted by Crippen LogP contribution is 2.31. The van der Waals surface area contributed by atoms with Crippen molar-refractivity contribution in [2.24, 2.45) is 5.92 Å². The van der Waals surface area contributed by atoms with E-state index in [1.165, 1.54) is 0 Å². The molecular weight excluding hydrogens is 342 g/mol. The summed E-state index contributed by atoms with van der Waals surface area (Å²) in [7, 11) is 3.94. The minimum absolute atomic E-state index is 0.0385. The predicted molar refractivity (Wildman–Crippen MR) is 105 cm³/mol. The third-order valence-electron chi connectivity index (χ3n) is 5.47. The number of nitrogens with one attached hydrogen (secondary N) is 2. The maximum atomic E-state index is 12.9. The first kappa shape index (κ1) is 19.3. The molecule has 3 rings (SSSR count). The molecule has 0 spiro atoms. The fourth-order valence-electron chi connectivity index (χ4n) is 3.74. The monoisotopic (exact) mass is 371 g/mol. The summed E-state index contributed by atoms with van der Waals surface area (Å²) in [5.41, 5.74) is 2.94. The number of hydrogen-bond acceptors (Lipinski definition) is 4. The second-order valence-corrected chi connectivity index (χ2v) is 7.84. The van der Waals surface area contributed by atoms with E-state index in [0.29, 0.717) is 17.2 Å². The van der Waals surface area contributed by atoms with Crippen LogP contribution in [0.5, 0.6) is 0 Å². The lowest BCUT2D eigenvalue weighted by Crippen LogP contribution is -2.45. The molecule has 1 aromatic carbocycles. The lowest BCUT2D eigenvalue weighted by atomic mass is 9.89. The molecule has 1 heterocycles. The molecule has 2 amide bonds. The van der Waals surface area contributed by atoms with Crippen LogP contribution in [-0.4, -0.2) is 32.2 Å². The van der Waals surface area contributed by atoms with E-state index in [4.69, 9.17) is 4.74 Å². The van der Waals surface area contributed by atoms with Gasteiger partial charge < -0.3 is 20.3 Å². The van der Waals surface area contributed by atoms with Crippen molar-refractivity contribution in [3.63, 3.8) is 0 Å². The van der Waals surface area contributed by atoms with E-state index in [1.54, 1.807) is 6.92 Å². The van der Waals surface area contributed by atoms with Gasteiger partial charge in [0, 0.05) is 25.5 Å². The van der Waals surface area contributed by atoms with Crippen LogP contribution in [-0.2, 0) is 9.53 Å². The topological polar surface area (TPSA) is 70.7 Å². The molecule has 0 radical (unpaired) electrons. The minimum atomic E-state index is -0.509. The minimum Gasteiger partial charge on any atom is -0.459 e. The number of carbonyl (C=O) groups is 2. The van der Waals surface area contributed by atoms with Crippen LogP contribution in [0.1, 0.15) is 51.1 Å². The molecule has 146 valence electrons. The highest BCUT2D eigenvalue weighted by Gasteiger charge is 2.34. The third-order valence-corrected chi connectivity index (χ3v) is 5.47. The van der Waals surface area contributed by atoms with Crippen LogP contribution < -0.4 is 15.5 Å². The molecule has 27 heavy (non-hydrogen) atoms. The van der Waals surface area contributed by atoms with Gasteiger partial charge in [-0.3, -0.25) is 0 Å². The van der Waals surface area contributed by atoms with Gasteiger partial charge in [-0.25, -0.2) is 9.59 Å². The van der Waals surface area contributed by atoms with Crippen molar-refractivity contribution >= 4 is 17.7 Å². The summed E-state index contributed by atoms with van der Waals surface area (Å²) < 4.78 is 5.80. The van der Waals surface area contributed by atoms with Crippen molar-refractivity contribution in [3.8, 4) is 0 Å². The van der Waals surface area contributed by atoms with Crippen molar-refractivity contribution in [1.29, 1.82) is 0 Å². The number of amides is 2. The van der Waals surface area contributed by atoms with Crippen LogP contribution in [0.3, 0.4) is 0 Å². The highest BCUT2D eigenvalue weighted by molar-refractivity contribution is 5.95. The summed E-state index contributed by atoms with van der Waals surface area (Å²) in [5, 5.41) is 5.57. The maximum Gasteiger partial charge on any atom is 0.338 e. The van der Waals surface area contributed by atoms with Gasteiger partial charge in [0.2, 0.25) is 0 Å². The van der Waals surface area contributed by atoms with Crippen LogP contribution in [0.25, 0.3) is 0 Å². The number of benzene rings is 1. The van der Waals surface area contributed by atoms with Gasteiger partial charge in [-0.1, -0.05) is 19.1 Å². The zero-order valence-electron chi connectivity index (χ0n) is 16.5. The number of anilines is 1. The third kappa shape index (κ3) is 4.43. The maximum absolute atomic E-state index is 12.9. The molecular formula is C21H29N3O3. The first-order valence-corrected chi connectivity index (χ1v) is 9.61. The normalized spacial score (nSPS) is 25.5. The molecule has 1 aromatic rings. The van der Waals surface area contributed by atoms with Crippen LogP contribution in [0.4, 0.5) is 10.5 Å². The molecule has 1 saturated carbocycles. The van der Waals surface area contributed by atoms with Gasteiger partial charge in [0.25, 0.3) is 0 Å². The van der Waals surface area contributed by atoms with Gasteiger partial charge in [-0.15, -0.1) is 0 Å². The standard InChI is InChI=1S/C21H29N3O3/c1-13-5-11-17(12-6-13)27-20(25)18-14(2)22-21(26)23-19(18)15-7-9-16(10-8-15)24(3)4/h7-10,13,17,19H,5-6,11-12H2,1-4H3,(H2,22,23,26)/t13?,17?,19-/m1/s1. The number of nitrogens with zero attached hydrogens (tertiary/aromatic N) is 1. The Morgan fingerprint density at radius 2 is 1.74 bits per heavy atom. The smallest absolute Gasteiger partial charge is 0.338 e. The fraction of sp³-hybridized carbons (Fsp3) is 0.524. The molecule has 1 atom stereocenters. The van der Waals surface area contributed by atoms with E-state index >= 15 is 0 Å². The summed E-state index contributed by atoms with van der Waals surface area (Å²) in [6, 6.07) is 7.01. The van der Waals surface area contributed by atoms with Crippen molar-refractivity contribution in [2.45, 2.75) is 51.7 Å². The van der Waals surface area contributed by atoms with Crippen LogP contribution in [0.15, 0.2) is 35.5 Å². The van der Waals surface area contributed by atoms with Crippen LogP contribution in [0, 0.1) is 5.92 Å². The van der Waals surface area contributed by atoms with E-state index in [1.807, 2.05) is 43.3 Å². The molecule has 2 aliphatic rings. The Morgan fingerprint density at radius 3 is 2.33 bits per heavy atom. The molecule has 6 heteroatoms. The van der Waals surface area contributed by atoms with Gasteiger partial charge in [-0.05, 0) is 56.2 Å². The van der Waals surface area contributed by atoms with E-state index in [9.17, 15) is 9.59 Å². The quantitative estimate of drug-likeness (QED) is 0.795. The fourth-order valence-corrected chi connectivity index (χ4v) is 3.74. The second kappa shape index (κ2) is 8.03. The average Bonchev–Trinajstić information content (AvgIpc) is 2.63. The average molecular weight is 371 g/mol. The van der Waals surface area contributed by atoms with Crippen LogP contribution in [0.2, 0.25) is 0 Å². The Bertz CT molecular complexity index is 732. The number of hydrogen-bond donors (Lipinski definition) is 2. The Hall–Kier alpha value is -2.50. The number of esters is 1. The van der Waals surface area contributed by atoms with Gasteiger partial charge in [-0.2, -0.15) is 0 Å². The SMILES string of the molecule is CC1=C(C(=O)OC2CCC(C)CC2)[C@@H](c2ccc(N(C)C)cc2)NC(=O)N1. The number of allylic oxidation sites excluding steroid dienone is 1. The lowest BCUT2D eigenvalue weighted by Gasteiger charge is -2.31. The molecule has 2 N–H and O–H groups in total. The molecule has 0 unspecified atom stereocenters. The summed E-state index contributed by atoms with van der Waals surface area (Å²) in [5.74, 6) is 0.348. The molecule has 1 fully saturated rings. The summed E-state index contributed by atoms with van der Waals surface area (Å²) in [6.45, 7) is 3.98. The number of carbonyl (C=O) groups excluding carboxylic acids is 2. The Morgan fingerprint density at radius 1 is 1.11 bits per heavy atom. The molecule has 0 saturated heterocycles. The molecule has 1 aliphatic carbocycles. The summed E-state index contributed by atoms with van der Waals surface area (Å²) >= 11 is 0. The molecule has 0 aromatic heterocycles. The number of urea groups is 1. The zero-order valence-corrected chi connectivity index (χ0v) is 16.5. The van der Waals surface area contributed by atoms with Gasteiger partial charge >= 0.3 is 12.0 Å². The van der Waals surface area contributed by atoms with Crippen LogP contribution >= 0.6 is 0 Å². The van der Waals surface area contributed by atoms with Crippen molar-refractivity contribution < 1.29 is 14.3 Å². The van der Waals surface area contributed by atoms with Crippen molar-refractivity contribution in [3.05, 3.63) is 41.1 Å². The first-order chi connectivity index (χ1) is 12.8. The second-order valence-electron chi connectivity index (χ2n) is 7.84. The summed E-state index contributed by atoms with van der Waals surface area (Å²) in [6.07, 6.45) is 3.94. The zero-order chi connectivity index (χ0) is 19.6. The first-order valence-electron chi connectivity index (χ1n) is 9.61. The molecule has 1 aliphatic heterocycles. The van der Waals surface area contributed by atoms with Crippen molar-refractivity contribution in [1.82, 2.24) is 10.6 Å². The Balaban J connectivity index is 1.82. The molecule has 0 bridgehead atoms. The van der Waals surface area contributed by atoms with Crippen molar-refractivity contribution in [2.75, 3.05) is 19.0 Å². The van der Waals surface area contributed by atoms with E-state index in [0.717, 1.165) is 36.9 Å². The van der Waals surface area contributed by atoms with Gasteiger partial charge in [0.05, 0.1) is 11.6 Å². The van der Waals surface area contributed by atoms with E-state index < -0.39 is 6.04 Å². The van der Waals surface area contributed by atoms with Gasteiger partial charge in [0.1, 0.15) is 6.10 Å². The Kier molecular flexibility index (Phi) is 5.73. The molecule has 6 nitrogen and oxygen atoms in total. The largest absolute Gasteiger partial charge is 0.459 e. The summed E-state index contributed by atoms with van der Waals surface area (Å²) in [4.78, 5) is 27.0. The highest BCUT2D eigenvalue weighted by atomic mass is 16.5.